The van der Waals surface area contributed by atoms with Crippen molar-refractivity contribution in [2.24, 2.45) is 0 Å². The van der Waals surface area contributed by atoms with Crippen LogP contribution < -0.4 is 15.6 Å². The summed E-state index contributed by atoms with van der Waals surface area (Å²) in [4.78, 5) is 22.0. The molecule has 0 spiro atoms. The summed E-state index contributed by atoms with van der Waals surface area (Å²) in [7, 11) is 0. The van der Waals surface area contributed by atoms with Gasteiger partial charge in [-0.3, -0.25) is 14.7 Å². The molecule has 2 N–H and O–H groups in total. The Kier molecular flexibility index (Phi) is 6.54. The highest BCUT2D eigenvalue weighted by Gasteiger charge is 2.15. The zero-order valence-corrected chi connectivity index (χ0v) is 17.0. The minimum Gasteiger partial charge on any atom is -0.494 e. The van der Waals surface area contributed by atoms with Crippen LogP contribution in [0.25, 0.3) is 0 Å². The predicted octanol–water partition coefficient (Wildman–Crippen LogP) is 3.04. The number of nitrogens with one attached hydrogen (secondary N) is 2. The van der Waals surface area contributed by atoms with Gasteiger partial charge in [0.2, 0.25) is 5.95 Å². The maximum absolute atomic E-state index is 12.1. The molecule has 7 heteroatoms. The van der Waals surface area contributed by atoms with Crippen LogP contribution >= 0.6 is 11.8 Å². The number of anilines is 1. The van der Waals surface area contributed by atoms with Crippen molar-refractivity contribution in [2.75, 3.05) is 37.3 Å². The summed E-state index contributed by atoms with van der Waals surface area (Å²) in [5.41, 5.74) is 3.08. The molecule has 4 rings (SSSR count). The molecule has 0 unspecified atom stereocenters. The smallest absolute Gasteiger partial charge is 0.256 e. The van der Waals surface area contributed by atoms with Gasteiger partial charge in [-0.15, -0.1) is 0 Å². The maximum Gasteiger partial charge on any atom is 0.256 e. The number of nitrogens with zero attached hydrogens (tertiary/aromatic N) is 2. The molecule has 0 atom stereocenters. The molecule has 1 aromatic heterocycles. The summed E-state index contributed by atoms with van der Waals surface area (Å²) in [5, 5.41) is 3.22. The number of rotatable bonds is 8. The standard InChI is InChI=1S/C21H28N4O2S/c26-20-18-15-28-12-7-19(18)23-21(24-20)22-8-4-11-27-17-6-3-5-16(13-17)14-25-9-1-2-10-25/h3,5-6,13H,1-2,4,7-12,14-15H2,(H2,22,23,24,26). The summed E-state index contributed by atoms with van der Waals surface area (Å²) < 4.78 is 5.91. The number of hydrogen-bond donors (Lipinski definition) is 2. The van der Waals surface area contributed by atoms with E-state index in [0.29, 0.717) is 19.1 Å². The summed E-state index contributed by atoms with van der Waals surface area (Å²) in [6, 6.07) is 8.40. The Hall–Kier alpha value is -1.99. The quantitative estimate of drug-likeness (QED) is 0.664. The van der Waals surface area contributed by atoms with Crippen LogP contribution in [-0.4, -0.2) is 46.9 Å². The van der Waals surface area contributed by atoms with Gasteiger partial charge in [-0.2, -0.15) is 11.8 Å². The van der Waals surface area contributed by atoms with Crippen molar-refractivity contribution >= 4 is 17.7 Å². The minimum atomic E-state index is -0.00855. The molecule has 0 bridgehead atoms. The largest absolute Gasteiger partial charge is 0.494 e. The van der Waals surface area contributed by atoms with E-state index < -0.39 is 0 Å². The zero-order chi connectivity index (χ0) is 19.2. The van der Waals surface area contributed by atoms with E-state index in [1.54, 1.807) is 11.8 Å². The van der Waals surface area contributed by atoms with E-state index in [4.69, 9.17) is 4.74 Å². The molecular weight excluding hydrogens is 372 g/mol. The van der Waals surface area contributed by atoms with E-state index in [-0.39, 0.29) is 5.56 Å². The number of hydrogen-bond acceptors (Lipinski definition) is 6. The molecule has 3 heterocycles. The van der Waals surface area contributed by atoms with Gasteiger partial charge < -0.3 is 10.1 Å². The van der Waals surface area contributed by atoms with Gasteiger partial charge in [-0.05, 0) is 62.2 Å². The van der Waals surface area contributed by atoms with Crippen molar-refractivity contribution in [1.29, 1.82) is 0 Å². The number of H-pyrrole nitrogens is 1. The third kappa shape index (κ3) is 5.08. The van der Waals surface area contributed by atoms with Crippen LogP contribution in [0.4, 0.5) is 5.95 Å². The van der Waals surface area contributed by atoms with Gasteiger partial charge in [0.15, 0.2) is 0 Å². The van der Waals surface area contributed by atoms with Crippen LogP contribution in [0.2, 0.25) is 0 Å². The molecule has 2 aromatic rings. The molecule has 1 saturated heterocycles. The number of fused-ring (bicyclic) bond motifs is 1. The van der Waals surface area contributed by atoms with E-state index in [0.717, 1.165) is 47.9 Å². The number of aromatic amines is 1. The normalized spacial score (nSPS) is 16.7. The van der Waals surface area contributed by atoms with E-state index in [1.807, 2.05) is 6.07 Å². The first-order valence-electron chi connectivity index (χ1n) is 10.2. The van der Waals surface area contributed by atoms with Crippen LogP contribution in [0.3, 0.4) is 0 Å². The van der Waals surface area contributed by atoms with Crippen molar-refractivity contribution in [1.82, 2.24) is 14.9 Å². The summed E-state index contributed by atoms with van der Waals surface area (Å²) in [5.74, 6) is 3.30. The summed E-state index contributed by atoms with van der Waals surface area (Å²) in [6.07, 6.45) is 4.33. The summed E-state index contributed by atoms with van der Waals surface area (Å²) in [6.45, 7) is 4.76. The van der Waals surface area contributed by atoms with Crippen molar-refractivity contribution < 1.29 is 4.74 Å². The van der Waals surface area contributed by atoms with Gasteiger partial charge in [-0.1, -0.05) is 12.1 Å². The molecule has 28 heavy (non-hydrogen) atoms. The van der Waals surface area contributed by atoms with E-state index in [1.165, 1.54) is 31.5 Å². The Balaban J connectivity index is 1.22. The van der Waals surface area contributed by atoms with Gasteiger partial charge >= 0.3 is 0 Å². The first-order chi connectivity index (χ1) is 13.8. The third-order valence-corrected chi connectivity index (χ3v) is 6.20. The number of aromatic nitrogens is 2. The van der Waals surface area contributed by atoms with E-state index in [9.17, 15) is 4.79 Å². The Morgan fingerprint density at radius 3 is 3.07 bits per heavy atom. The number of benzene rings is 1. The molecular formula is C21H28N4O2S. The van der Waals surface area contributed by atoms with Crippen molar-refractivity contribution in [3.8, 4) is 5.75 Å². The molecule has 1 fully saturated rings. The first-order valence-corrected chi connectivity index (χ1v) is 11.3. The van der Waals surface area contributed by atoms with Crippen LogP contribution in [0.15, 0.2) is 29.1 Å². The first kappa shape index (κ1) is 19.3. The second-order valence-corrected chi connectivity index (χ2v) is 8.51. The molecule has 0 aliphatic carbocycles. The van der Waals surface area contributed by atoms with Crippen molar-refractivity contribution in [3.05, 3.63) is 51.4 Å². The lowest BCUT2D eigenvalue weighted by atomic mass is 10.2. The van der Waals surface area contributed by atoms with Gasteiger partial charge in [0, 0.05) is 24.4 Å². The molecule has 0 saturated carbocycles. The monoisotopic (exact) mass is 400 g/mol. The number of likely N-dealkylation sites (tertiary alicyclic amines) is 1. The lowest BCUT2D eigenvalue weighted by molar-refractivity contribution is 0.310. The SMILES string of the molecule is O=c1[nH]c(NCCCOc2cccc(CN3CCCC3)c2)nc2c1CSCC2. The molecule has 150 valence electrons. The van der Waals surface area contributed by atoms with Gasteiger partial charge in [-0.25, -0.2) is 4.98 Å². The molecule has 6 nitrogen and oxygen atoms in total. The van der Waals surface area contributed by atoms with E-state index >= 15 is 0 Å². The Morgan fingerprint density at radius 1 is 1.29 bits per heavy atom. The maximum atomic E-state index is 12.1. The molecule has 2 aliphatic heterocycles. The summed E-state index contributed by atoms with van der Waals surface area (Å²) >= 11 is 1.79. The average molecular weight is 401 g/mol. The van der Waals surface area contributed by atoms with Gasteiger partial charge in [0.25, 0.3) is 5.56 Å². The predicted molar refractivity (Wildman–Crippen MR) is 114 cm³/mol. The highest BCUT2D eigenvalue weighted by atomic mass is 32.2. The Morgan fingerprint density at radius 2 is 2.18 bits per heavy atom. The van der Waals surface area contributed by atoms with Crippen LogP contribution in [0.5, 0.6) is 5.75 Å². The number of thioether (sulfide) groups is 1. The van der Waals surface area contributed by atoms with Crippen molar-refractivity contribution in [3.63, 3.8) is 0 Å². The van der Waals surface area contributed by atoms with Crippen LogP contribution in [0.1, 0.15) is 36.1 Å². The minimum absolute atomic E-state index is 0.00855. The Bertz CT molecular complexity index is 849. The van der Waals surface area contributed by atoms with Gasteiger partial charge in [0.05, 0.1) is 12.3 Å². The van der Waals surface area contributed by atoms with Crippen LogP contribution in [-0.2, 0) is 18.7 Å². The Labute approximate surface area is 170 Å². The highest BCUT2D eigenvalue weighted by Crippen LogP contribution is 2.21. The molecule has 2 aliphatic rings. The number of aryl methyl sites for hydroxylation is 1. The fraction of sp³-hybridized carbons (Fsp3) is 0.524. The van der Waals surface area contributed by atoms with E-state index in [2.05, 4.69) is 38.4 Å². The molecule has 0 radical (unpaired) electrons. The zero-order valence-electron chi connectivity index (χ0n) is 16.2. The fourth-order valence-corrected chi connectivity index (χ4v) is 4.71. The fourth-order valence-electron chi connectivity index (χ4n) is 3.73. The average Bonchev–Trinajstić information content (AvgIpc) is 3.21. The highest BCUT2D eigenvalue weighted by molar-refractivity contribution is 7.98. The number of ether oxygens (including phenoxy) is 1. The lowest BCUT2D eigenvalue weighted by Gasteiger charge is -2.16. The molecule has 1 aromatic carbocycles. The third-order valence-electron chi connectivity index (χ3n) is 5.22. The van der Waals surface area contributed by atoms with Gasteiger partial charge in [0.1, 0.15) is 5.75 Å². The second kappa shape index (κ2) is 9.47. The topological polar surface area (TPSA) is 70.2 Å². The lowest BCUT2D eigenvalue weighted by Crippen LogP contribution is -2.23. The van der Waals surface area contributed by atoms with Crippen molar-refractivity contribution in [2.45, 2.75) is 38.0 Å². The molecule has 0 amide bonds. The van der Waals surface area contributed by atoms with Crippen LogP contribution in [0, 0.1) is 0 Å². The second-order valence-electron chi connectivity index (χ2n) is 7.40.